The highest BCUT2D eigenvalue weighted by Crippen LogP contribution is 2.22. The van der Waals surface area contributed by atoms with Crippen molar-refractivity contribution in [1.29, 1.82) is 0 Å². The molecule has 1 aliphatic heterocycles. The number of carbonyl (C=O) groups excluding carboxylic acids is 1. The molecule has 1 fully saturated rings. The molecular weight excluding hydrogens is 313 g/mol. The lowest BCUT2D eigenvalue weighted by Gasteiger charge is -2.37. The maximum atomic E-state index is 12.3. The van der Waals surface area contributed by atoms with E-state index in [0.717, 1.165) is 0 Å². The van der Waals surface area contributed by atoms with Gasteiger partial charge in [0.25, 0.3) is 0 Å². The minimum absolute atomic E-state index is 0.0449. The van der Waals surface area contributed by atoms with E-state index >= 15 is 0 Å². The second-order valence-corrected chi connectivity index (χ2v) is 5.37. The van der Waals surface area contributed by atoms with Gasteiger partial charge in [-0.15, -0.1) is 0 Å². The Bertz CT molecular complexity index is 551. The van der Waals surface area contributed by atoms with Crippen molar-refractivity contribution in [2.75, 3.05) is 25.1 Å². The van der Waals surface area contributed by atoms with E-state index in [9.17, 15) is 18.0 Å². The van der Waals surface area contributed by atoms with Gasteiger partial charge in [0.1, 0.15) is 5.75 Å². The van der Waals surface area contributed by atoms with E-state index in [1.54, 1.807) is 11.0 Å². The number of benzene rings is 1. The molecule has 128 valence electrons. The van der Waals surface area contributed by atoms with Crippen molar-refractivity contribution in [2.45, 2.75) is 32.2 Å². The minimum atomic E-state index is -4.40. The van der Waals surface area contributed by atoms with Crippen LogP contribution in [0.2, 0.25) is 0 Å². The summed E-state index contributed by atoms with van der Waals surface area (Å²) in [7, 11) is 0. The van der Waals surface area contributed by atoms with E-state index in [0.29, 0.717) is 18.8 Å². The lowest BCUT2D eigenvalue weighted by atomic mass is 10.1. The van der Waals surface area contributed by atoms with Gasteiger partial charge in [0, 0.05) is 18.3 Å². The van der Waals surface area contributed by atoms with Gasteiger partial charge in [-0.3, -0.25) is 0 Å². The summed E-state index contributed by atoms with van der Waals surface area (Å²) < 4.78 is 46.6. The van der Waals surface area contributed by atoms with Crippen molar-refractivity contribution in [2.24, 2.45) is 0 Å². The number of hydrogen-bond donors (Lipinski definition) is 1. The van der Waals surface area contributed by atoms with Gasteiger partial charge < -0.3 is 19.7 Å². The summed E-state index contributed by atoms with van der Waals surface area (Å²) in [6, 6.07) is 5.47. The Balaban J connectivity index is 1.98. The topological polar surface area (TPSA) is 50.8 Å². The number of halogens is 3. The largest absolute Gasteiger partial charge is 0.484 e. The van der Waals surface area contributed by atoms with Gasteiger partial charge >= 0.3 is 12.2 Å². The third-order valence-corrected chi connectivity index (χ3v) is 3.63. The zero-order valence-electron chi connectivity index (χ0n) is 12.9. The third-order valence-electron chi connectivity index (χ3n) is 3.63. The second-order valence-electron chi connectivity index (χ2n) is 5.37. The number of urea groups is 1. The predicted octanol–water partition coefficient (Wildman–Crippen LogP) is 3.27. The fourth-order valence-corrected chi connectivity index (χ4v) is 2.24. The quantitative estimate of drug-likeness (QED) is 0.924. The van der Waals surface area contributed by atoms with Crippen molar-refractivity contribution in [3.8, 4) is 5.75 Å². The van der Waals surface area contributed by atoms with Crippen LogP contribution in [0.15, 0.2) is 24.3 Å². The van der Waals surface area contributed by atoms with Crippen LogP contribution in [0.5, 0.6) is 5.75 Å². The molecule has 2 amide bonds. The van der Waals surface area contributed by atoms with Crippen molar-refractivity contribution >= 4 is 11.7 Å². The average Bonchev–Trinajstić information content (AvgIpc) is 2.47. The first-order chi connectivity index (χ1) is 10.8. The Hall–Kier alpha value is -1.96. The molecule has 1 aromatic rings. The standard InChI is InChI=1S/C15H19F3N2O3/c1-10-11(2)22-7-6-20(10)14(21)19-12-4-3-5-13(8-12)23-9-15(16,17)18/h3-5,8,10-11H,6-7,9H2,1-2H3,(H,19,21)/t10-,11-/m1/s1. The van der Waals surface area contributed by atoms with Gasteiger partial charge in [-0.25, -0.2) is 4.79 Å². The molecule has 0 unspecified atom stereocenters. The maximum absolute atomic E-state index is 12.3. The summed E-state index contributed by atoms with van der Waals surface area (Å²) in [6.07, 6.45) is -4.48. The molecular formula is C15H19F3N2O3. The summed E-state index contributed by atoms with van der Waals surface area (Å²) in [5.41, 5.74) is 0.376. The monoisotopic (exact) mass is 332 g/mol. The fraction of sp³-hybridized carbons (Fsp3) is 0.533. The molecule has 2 rings (SSSR count). The van der Waals surface area contributed by atoms with Crippen LogP contribution < -0.4 is 10.1 Å². The van der Waals surface area contributed by atoms with Gasteiger partial charge in [-0.2, -0.15) is 13.2 Å². The number of anilines is 1. The van der Waals surface area contributed by atoms with E-state index in [-0.39, 0.29) is 23.9 Å². The maximum Gasteiger partial charge on any atom is 0.422 e. The molecule has 1 N–H and O–H groups in total. The van der Waals surface area contributed by atoms with Crippen LogP contribution in [0, 0.1) is 0 Å². The predicted molar refractivity (Wildman–Crippen MR) is 78.6 cm³/mol. The molecule has 23 heavy (non-hydrogen) atoms. The Morgan fingerprint density at radius 2 is 2.17 bits per heavy atom. The third kappa shape index (κ3) is 5.02. The molecule has 1 aliphatic rings. The SMILES string of the molecule is C[C@@H]1[C@@H](C)OCCN1C(=O)Nc1cccc(OCC(F)(F)F)c1. The molecule has 1 aromatic carbocycles. The number of nitrogens with zero attached hydrogens (tertiary/aromatic N) is 1. The smallest absolute Gasteiger partial charge is 0.422 e. The number of alkyl halides is 3. The molecule has 0 spiro atoms. The lowest BCUT2D eigenvalue weighted by molar-refractivity contribution is -0.153. The van der Waals surface area contributed by atoms with Gasteiger partial charge in [0.05, 0.1) is 18.8 Å². The number of amides is 2. The zero-order chi connectivity index (χ0) is 17.0. The van der Waals surface area contributed by atoms with Crippen LogP contribution in [0.1, 0.15) is 13.8 Å². The fourth-order valence-electron chi connectivity index (χ4n) is 2.24. The molecule has 8 heteroatoms. The highest BCUT2D eigenvalue weighted by Gasteiger charge is 2.30. The molecule has 1 saturated heterocycles. The molecule has 0 aliphatic carbocycles. The number of ether oxygens (including phenoxy) is 2. The van der Waals surface area contributed by atoms with Crippen molar-refractivity contribution in [3.05, 3.63) is 24.3 Å². The molecule has 0 aromatic heterocycles. The number of hydrogen-bond acceptors (Lipinski definition) is 3. The van der Waals surface area contributed by atoms with Crippen molar-refractivity contribution in [3.63, 3.8) is 0 Å². The van der Waals surface area contributed by atoms with E-state index < -0.39 is 12.8 Å². The van der Waals surface area contributed by atoms with Gasteiger partial charge in [0.15, 0.2) is 6.61 Å². The molecule has 0 bridgehead atoms. The summed E-state index contributed by atoms with van der Waals surface area (Å²) in [6.45, 7) is 3.31. The van der Waals surface area contributed by atoms with Gasteiger partial charge in [0.2, 0.25) is 0 Å². The Labute approximate surface area is 132 Å². The van der Waals surface area contributed by atoms with Gasteiger partial charge in [-0.1, -0.05) is 6.07 Å². The van der Waals surface area contributed by atoms with Crippen LogP contribution in [0.3, 0.4) is 0 Å². The average molecular weight is 332 g/mol. The van der Waals surface area contributed by atoms with Crippen LogP contribution in [0.4, 0.5) is 23.7 Å². The minimum Gasteiger partial charge on any atom is -0.484 e. The van der Waals surface area contributed by atoms with Crippen LogP contribution >= 0.6 is 0 Å². The number of nitrogens with one attached hydrogen (secondary N) is 1. The van der Waals surface area contributed by atoms with E-state index in [1.165, 1.54) is 18.2 Å². The Kier molecular flexibility index (Phi) is 5.35. The summed E-state index contributed by atoms with van der Waals surface area (Å²) >= 11 is 0. The number of morpholine rings is 1. The summed E-state index contributed by atoms with van der Waals surface area (Å²) in [5, 5.41) is 2.67. The zero-order valence-corrected chi connectivity index (χ0v) is 12.9. The van der Waals surface area contributed by atoms with Crippen LogP contribution in [-0.4, -0.2) is 49.0 Å². The normalized spacial score (nSPS) is 21.9. The highest BCUT2D eigenvalue weighted by molar-refractivity contribution is 5.89. The number of rotatable bonds is 3. The van der Waals surface area contributed by atoms with Crippen molar-refractivity contribution in [1.82, 2.24) is 4.90 Å². The molecule has 0 saturated carbocycles. The molecule has 2 atom stereocenters. The Morgan fingerprint density at radius 1 is 1.43 bits per heavy atom. The highest BCUT2D eigenvalue weighted by atomic mass is 19.4. The van der Waals surface area contributed by atoms with E-state index in [4.69, 9.17) is 4.74 Å². The van der Waals surface area contributed by atoms with E-state index in [2.05, 4.69) is 10.1 Å². The number of carbonyl (C=O) groups is 1. The van der Waals surface area contributed by atoms with E-state index in [1.807, 2.05) is 13.8 Å². The molecule has 0 radical (unpaired) electrons. The molecule has 5 nitrogen and oxygen atoms in total. The first-order valence-electron chi connectivity index (χ1n) is 7.25. The Morgan fingerprint density at radius 3 is 2.87 bits per heavy atom. The lowest BCUT2D eigenvalue weighted by Crippen LogP contribution is -2.52. The van der Waals surface area contributed by atoms with Crippen molar-refractivity contribution < 1.29 is 27.4 Å². The van der Waals surface area contributed by atoms with Crippen LogP contribution in [0.25, 0.3) is 0 Å². The molecule has 1 heterocycles. The first-order valence-corrected chi connectivity index (χ1v) is 7.25. The summed E-state index contributed by atoms with van der Waals surface area (Å²) in [5.74, 6) is 0.0449. The van der Waals surface area contributed by atoms with Crippen LogP contribution in [-0.2, 0) is 4.74 Å². The van der Waals surface area contributed by atoms with Gasteiger partial charge in [-0.05, 0) is 26.0 Å². The second kappa shape index (κ2) is 7.08. The summed E-state index contributed by atoms with van der Waals surface area (Å²) in [4.78, 5) is 13.9. The first kappa shape index (κ1) is 17.4.